The fourth-order valence-electron chi connectivity index (χ4n) is 4.82. The number of halogens is 1. The van der Waals surface area contributed by atoms with E-state index in [-0.39, 0.29) is 5.91 Å². The van der Waals surface area contributed by atoms with Gasteiger partial charge in [-0.05, 0) is 60.2 Å². The average Bonchev–Trinajstić information content (AvgIpc) is 3.35. The molecule has 1 fully saturated rings. The molecule has 0 aliphatic heterocycles. The van der Waals surface area contributed by atoms with Crippen molar-refractivity contribution in [1.29, 1.82) is 0 Å². The van der Waals surface area contributed by atoms with Crippen molar-refractivity contribution in [3.63, 3.8) is 0 Å². The zero-order valence-corrected chi connectivity index (χ0v) is 17.0. The molecule has 5 rings (SSSR count). The van der Waals surface area contributed by atoms with E-state index in [9.17, 15) is 4.79 Å². The molecule has 0 saturated heterocycles. The van der Waals surface area contributed by atoms with Gasteiger partial charge in [-0.25, -0.2) is 0 Å². The summed E-state index contributed by atoms with van der Waals surface area (Å²) in [7, 11) is 0. The van der Waals surface area contributed by atoms with Gasteiger partial charge in [0.15, 0.2) is 0 Å². The predicted molar refractivity (Wildman–Crippen MR) is 120 cm³/mol. The minimum atomic E-state index is -0.378. The van der Waals surface area contributed by atoms with Crippen LogP contribution in [0.15, 0.2) is 60.7 Å². The molecule has 146 valence electrons. The fraction of sp³-hybridized carbons (Fsp3) is 0.240. The molecule has 29 heavy (non-hydrogen) atoms. The number of benzene rings is 3. The lowest BCUT2D eigenvalue weighted by Crippen LogP contribution is -2.11. The van der Waals surface area contributed by atoms with Gasteiger partial charge in [-0.1, -0.05) is 54.8 Å². The number of aromatic nitrogens is 1. The summed E-state index contributed by atoms with van der Waals surface area (Å²) >= 11 is 6.07. The van der Waals surface area contributed by atoms with Crippen LogP contribution < -0.4 is 5.73 Å². The maximum atomic E-state index is 12.1. The smallest absolute Gasteiger partial charge is 0.249 e. The first-order valence-electron chi connectivity index (χ1n) is 10.2. The minimum Gasteiger partial charge on any atom is -0.366 e. The Morgan fingerprint density at radius 1 is 0.966 bits per heavy atom. The van der Waals surface area contributed by atoms with Crippen LogP contribution in [0.3, 0.4) is 0 Å². The summed E-state index contributed by atoms with van der Waals surface area (Å²) in [5.41, 5.74) is 10.8. The Bertz CT molecular complexity index is 1220. The van der Waals surface area contributed by atoms with Crippen LogP contribution in [0, 0.1) is 5.92 Å². The molecule has 4 heteroatoms. The Balaban J connectivity index is 1.76. The Labute approximate surface area is 175 Å². The highest BCUT2D eigenvalue weighted by molar-refractivity contribution is 6.30. The molecule has 2 N–H and O–H groups in total. The third-order valence-electron chi connectivity index (χ3n) is 6.25. The van der Waals surface area contributed by atoms with Gasteiger partial charge in [-0.2, -0.15) is 0 Å². The van der Waals surface area contributed by atoms with Crippen molar-refractivity contribution in [3.8, 4) is 11.1 Å². The highest BCUT2D eigenvalue weighted by Gasteiger charge is 2.21. The summed E-state index contributed by atoms with van der Waals surface area (Å²) < 4.78 is 2.40. The van der Waals surface area contributed by atoms with E-state index in [4.69, 9.17) is 17.3 Å². The number of fused-ring (bicyclic) bond motifs is 3. The molecule has 4 aromatic rings. The lowest BCUT2D eigenvalue weighted by molar-refractivity contribution is 0.100. The van der Waals surface area contributed by atoms with Gasteiger partial charge in [-0.15, -0.1) is 0 Å². The summed E-state index contributed by atoms with van der Waals surface area (Å²) in [4.78, 5) is 12.1. The van der Waals surface area contributed by atoms with Crippen molar-refractivity contribution in [2.75, 3.05) is 0 Å². The molecule has 1 heterocycles. The zero-order valence-electron chi connectivity index (χ0n) is 16.2. The number of carbonyl (C=O) groups excluding carboxylic acids is 1. The number of hydrogen-bond donors (Lipinski definition) is 1. The summed E-state index contributed by atoms with van der Waals surface area (Å²) in [5.74, 6) is 0.308. The molecule has 1 aromatic heterocycles. The van der Waals surface area contributed by atoms with E-state index >= 15 is 0 Å². The number of hydrogen-bond acceptors (Lipinski definition) is 1. The second kappa shape index (κ2) is 7.23. The summed E-state index contributed by atoms with van der Waals surface area (Å²) in [6, 6.07) is 20.3. The van der Waals surface area contributed by atoms with E-state index in [1.165, 1.54) is 25.7 Å². The maximum Gasteiger partial charge on any atom is 0.249 e. The van der Waals surface area contributed by atoms with Crippen molar-refractivity contribution in [2.45, 2.75) is 32.2 Å². The minimum absolute atomic E-state index is 0.378. The standard InChI is InChI=1S/C25H23ClN2O/c26-19-11-8-17(9-12-19)18-10-13-20-23(14-18)28(15-16-4-1-2-5-16)22-7-3-6-21(24(20)22)25(27)29/h3,6-14,16H,1-2,4-5,15H2,(H2,27,29). The fourth-order valence-corrected chi connectivity index (χ4v) is 4.95. The van der Waals surface area contributed by atoms with Crippen LogP contribution in [-0.2, 0) is 6.54 Å². The van der Waals surface area contributed by atoms with Gasteiger partial charge in [0.2, 0.25) is 5.91 Å². The molecule has 0 unspecified atom stereocenters. The molecule has 1 saturated carbocycles. The van der Waals surface area contributed by atoms with Crippen molar-refractivity contribution in [2.24, 2.45) is 11.7 Å². The number of primary amides is 1. The first kappa shape index (κ1) is 18.3. The first-order chi connectivity index (χ1) is 14.1. The highest BCUT2D eigenvalue weighted by atomic mass is 35.5. The SMILES string of the molecule is NC(=O)c1cccc2c1c1ccc(-c3ccc(Cl)cc3)cc1n2CC1CCCC1. The monoisotopic (exact) mass is 402 g/mol. The number of nitrogens with zero attached hydrogens (tertiary/aromatic N) is 1. The molecule has 0 atom stereocenters. The predicted octanol–water partition coefficient (Wildman–Crippen LogP) is 6.40. The summed E-state index contributed by atoms with van der Waals surface area (Å²) in [6.45, 7) is 0.978. The van der Waals surface area contributed by atoms with Gasteiger partial charge in [0.25, 0.3) is 0 Å². The van der Waals surface area contributed by atoms with Gasteiger partial charge < -0.3 is 10.3 Å². The lowest BCUT2D eigenvalue weighted by atomic mass is 10.0. The van der Waals surface area contributed by atoms with Crippen LogP contribution in [0.2, 0.25) is 5.02 Å². The molecule has 0 bridgehead atoms. The molecule has 0 radical (unpaired) electrons. The lowest BCUT2D eigenvalue weighted by Gasteiger charge is -2.14. The van der Waals surface area contributed by atoms with Gasteiger partial charge >= 0.3 is 0 Å². The molecule has 1 aliphatic rings. The van der Waals surface area contributed by atoms with Crippen molar-refractivity contribution < 1.29 is 4.79 Å². The van der Waals surface area contributed by atoms with Crippen molar-refractivity contribution >= 4 is 39.3 Å². The van der Waals surface area contributed by atoms with Crippen LogP contribution in [-0.4, -0.2) is 10.5 Å². The normalized spacial score (nSPS) is 14.8. The highest BCUT2D eigenvalue weighted by Crippen LogP contribution is 2.37. The van der Waals surface area contributed by atoms with Gasteiger partial charge in [-0.3, -0.25) is 4.79 Å². The quantitative estimate of drug-likeness (QED) is 0.421. The third kappa shape index (κ3) is 3.20. The Hall–Kier alpha value is -2.78. The van der Waals surface area contributed by atoms with Crippen LogP contribution in [0.4, 0.5) is 0 Å². The van der Waals surface area contributed by atoms with Crippen LogP contribution in [0.5, 0.6) is 0 Å². The van der Waals surface area contributed by atoms with Crippen LogP contribution in [0.1, 0.15) is 36.0 Å². The van der Waals surface area contributed by atoms with Crippen molar-refractivity contribution in [3.05, 3.63) is 71.2 Å². The van der Waals surface area contributed by atoms with Crippen LogP contribution in [0.25, 0.3) is 32.9 Å². The third-order valence-corrected chi connectivity index (χ3v) is 6.50. The number of amides is 1. The molecule has 3 aromatic carbocycles. The molecule has 1 amide bonds. The Morgan fingerprint density at radius 3 is 2.41 bits per heavy atom. The zero-order chi connectivity index (χ0) is 20.0. The van der Waals surface area contributed by atoms with Gasteiger partial charge in [0.05, 0.1) is 0 Å². The van der Waals surface area contributed by atoms with Crippen LogP contribution >= 0.6 is 11.6 Å². The maximum absolute atomic E-state index is 12.1. The summed E-state index contributed by atoms with van der Waals surface area (Å²) in [5, 5.41) is 2.79. The van der Waals surface area contributed by atoms with Crippen molar-refractivity contribution in [1.82, 2.24) is 4.57 Å². The van der Waals surface area contributed by atoms with Gasteiger partial charge in [0.1, 0.15) is 0 Å². The topological polar surface area (TPSA) is 48.0 Å². The molecular formula is C25H23ClN2O. The first-order valence-corrected chi connectivity index (χ1v) is 10.6. The second-order valence-corrected chi connectivity index (χ2v) is 8.50. The summed E-state index contributed by atoms with van der Waals surface area (Å²) in [6.07, 6.45) is 5.16. The molecule has 3 nitrogen and oxygen atoms in total. The number of carbonyl (C=O) groups is 1. The van der Waals surface area contributed by atoms with E-state index in [1.54, 1.807) is 0 Å². The van der Waals surface area contributed by atoms with E-state index in [2.05, 4.69) is 28.8 Å². The largest absolute Gasteiger partial charge is 0.366 e. The van der Waals surface area contributed by atoms with E-state index in [0.29, 0.717) is 11.5 Å². The Morgan fingerprint density at radius 2 is 1.69 bits per heavy atom. The van der Waals surface area contributed by atoms with E-state index in [0.717, 1.165) is 44.5 Å². The van der Waals surface area contributed by atoms with E-state index < -0.39 is 0 Å². The van der Waals surface area contributed by atoms with Gasteiger partial charge in [0, 0.05) is 38.9 Å². The Kier molecular flexibility index (Phi) is 4.56. The molecule has 0 spiro atoms. The molecular weight excluding hydrogens is 380 g/mol. The second-order valence-electron chi connectivity index (χ2n) is 8.06. The number of nitrogens with two attached hydrogens (primary N) is 1. The average molecular weight is 403 g/mol. The number of rotatable bonds is 4. The van der Waals surface area contributed by atoms with E-state index in [1.807, 2.05) is 36.4 Å². The molecule has 1 aliphatic carbocycles.